The number of benzene rings is 2. The van der Waals surface area contributed by atoms with Crippen LogP contribution in [0.2, 0.25) is 0 Å². The third kappa shape index (κ3) is 2.80. The number of aliphatic hydroxyl groups is 1. The summed E-state index contributed by atoms with van der Waals surface area (Å²) in [5.41, 5.74) is 1.97. The Kier molecular flexibility index (Phi) is 4.10. The highest BCUT2D eigenvalue weighted by Gasteiger charge is 2.43. The first-order valence-corrected chi connectivity index (χ1v) is 9.80. The summed E-state index contributed by atoms with van der Waals surface area (Å²) in [6.07, 6.45) is 3.30. The molecule has 5 heteroatoms. The molecule has 1 N–H and O–H groups in total. The van der Waals surface area contributed by atoms with Crippen molar-refractivity contribution < 1.29 is 19.0 Å². The van der Waals surface area contributed by atoms with Crippen molar-refractivity contribution in [2.75, 3.05) is 26.3 Å². The lowest BCUT2D eigenvalue weighted by molar-refractivity contribution is -0.124. The van der Waals surface area contributed by atoms with E-state index >= 15 is 0 Å². The highest BCUT2D eigenvalue weighted by Crippen LogP contribution is 2.45. The number of para-hydroxylation sites is 1. The molecule has 2 heterocycles. The number of aryl methyl sites for hydroxylation is 1. The molecule has 0 aromatic heterocycles. The first-order chi connectivity index (χ1) is 13.1. The summed E-state index contributed by atoms with van der Waals surface area (Å²) in [4.78, 5) is 2.13. The van der Waals surface area contributed by atoms with Gasteiger partial charge in [-0.2, -0.15) is 0 Å². The molecule has 2 aromatic rings. The number of hydrogen-bond donors (Lipinski definition) is 1. The largest absolute Gasteiger partial charge is 0.486 e. The molecular formula is C22H24FNO3. The van der Waals surface area contributed by atoms with Gasteiger partial charge in [-0.25, -0.2) is 4.39 Å². The quantitative estimate of drug-likeness (QED) is 0.879. The minimum absolute atomic E-state index is 0.281. The van der Waals surface area contributed by atoms with Crippen LogP contribution in [0.25, 0.3) is 0 Å². The normalized spacial score (nSPS) is 25.4. The number of ether oxygens (including phenoxy) is 2. The number of likely N-dealkylation sites (tertiary alicyclic amines) is 1. The standard InChI is InChI=1S/C22H24FNO3/c23-17-5-4-16-6-9-22(25,19(16)14-17)24-10-7-15(8-11-24)18-2-1-3-20-21(18)27-13-12-26-20/h1-5,14-15,25H,6-13H2. The van der Waals surface area contributed by atoms with Crippen LogP contribution in [0.1, 0.15) is 41.9 Å². The molecule has 1 atom stereocenters. The van der Waals surface area contributed by atoms with Crippen LogP contribution >= 0.6 is 0 Å². The summed E-state index contributed by atoms with van der Waals surface area (Å²) in [5.74, 6) is 1.82. The predicted molar refractivity (Wildman–Crippen MR) is 99.6 cm³/mol. The summed E-state index contributed by atoms with van der Waals surface area (Å²) in [5, 5.41) is 11.4. The van der Waals surface area contributed by atoms with Gasteiger partial charge in [-0.3, -0.25) is 4.90 Å². The lowest BCUT2D eigenvalue weighted by atomic mass is 9.87. The maximum Gasteiger partial charge on any atom is 0.164 e. The predicted octanol–water partition coefficient (Wildman–Crippen LogP) is 3.57. The molecule has 4 nitrogen and oxygen atoms in total. The van der Waals surface area contributed by atoms with Gasteiger partial charge in [0.1, 0.15) is 24.8 Å². The lowest BCUT2D eigenvalue weighted by Crippen LogP contribution is -2.48. The molecule has 0 bridgehead atoms. The van der Waals surface area contributed by atoms with Gasteiger partial charge < -0.3 is 14.6 Å². The SMILES string of the molecule is OC1(N2CCC(c3cccc4c3OCCO4)CC2)CCc2ccc(F)cc21. The molecule has 1 aliphatic carbocycles. The van der Waals surface area contributed by atoms with E-state index in [0.717, 1.165) is 55.0 Å². The summed E-state index contributed by atoms with van der Waals surface area (Å²) in [6.45, 7) is 2.74. The Hall–Kier alpha value is -2.11. The first-order valence-electron chi connectivity index (χ1n) is 9.80. The lowest BCUT2D eigenvalue weighted by Gasteiger charge is -2.42. The Morgan fingerprint density at radius 3 is 2.74 bits per heavy atom. The average Bonchev–Trinajstić information content (AvgIpc) is 3.05. The summed E-state index contributed by atoms with van der Waals surface area (Å²) >= 11 is 0. The fourth-order valence-electron chi connectivity index (χ4n) is 4.89. The van der Waals surface area contributed by atoms with Crippen LogP contribution in [0.3, 0.4) is 0 Å². The van der Waals surface area contributed by atoms with Crippen LogP contribution in [0, 0.1) is 5.82 Å². The molecule has 5 rings (SSSR count). The maximum absolute atomic E-state index is 13.8. The Bertz CT molecular complexity index is 863. The second-order valence-corrected chi connectivity index (χ2v) is 7.75. The van der Waals surface area contributed by atoms with E-state index in [1.807, 2.05) is 18.2 Å². The topological polar surface area (TPSA) is 41.9 Å². The molecular weight excluding hydrogens is 345 g/mol. The van der Waals surface area contributed by atoms with Crippen LogP contribution in [0.4, 0.5) is 4.39 Å². The number of rotatable bonds is 2. The second kappa shape index (κ2) is 6.50. The number of hydrogen-bond acceptors (Lipinski definition) is 4. The van der Waals surface area contributed by atoms with Crippen LogP contribution in [0.15, 0.2) is 36.4 Å². The van der Waals surface area contributed by atoms with Gasteiger partial charge in [-0.05, 0) is 55.4 Å². The van der Waals surface area contributed by atoms with Gasteiger partial charge in [0.25, 0.3) is 0 Å². The van der Waals surface area contributed by atoms with Crippen molar-refractivity contribution in [2.45, 2.75) is 37.3 Å². The molecule has 1 saturated heterocycles. The van der Waals surface area contributed by atoms with Crippen molar-refractivity contribution in [3.05, 3.63) is 58.9 Å². The molecule has 1 fully saturated rings. The Morgan fingerprint density at radius 1 is 1.07 bits per heavy atom. The van der Waals surface area contributed by atoms with E-state index in [0.29, 0.717) is 25.6 Å². The van der Waals surface area contributed by atoms with Crippen molar-refractivity contribution >= 4 is 0 Å². The molecule has 2 aromatic carbocycles. The zero-order valence-electron chi connectivity index (χ0n) is 15.3. The second-order valence-electron chi connectivity index (χ2n) is 7.75. The van der Waals surface area contributed by atoms with Gasteiger partial charge >= 0.3 is 0 Å². The molecule has 142 valence electrons. The Balaban J connectivity index is 1.35. The van der Waals surface area contributed by atoms with E-state index in [4.69, 9.17) is 9.47 Å². The minimum Gasteiger partial charge on any atom is -0.486 e. The minimum atomic E-state index is -1.04. The number of halogens is 1. The van der Waals surface area contributed by atoms with Gasteiger partial charge in [0, 0.05) is 24.2 Å². The fourth-order valence-corrected chi connectivity index (χ4v) is 4.89. The van der Waals surface area contributed by atoms with Crippen LogP contribution in [-0.2, 0) is 12.1 Å². The van der Waals surface area contributed by atoms with E-state index < -0.39 is 5.72 Å². The van der Waals surface area contributed by atoms with E-state index in [1.165, 1.54) is 17.7 Å². The number of fused-ring (bicyclic) bond motifs is 2. The zero-order valence-corrected chi connectivity index (χ0v) is 15.3. The fraction of sp³-hybridized carbons (Fsp3) is 0.455. The molecule has 2 aliphatic heterocycles. The third-order valence-corrected chi connectivity index (χ3v) is 6.30. The monoisotopic (exact) mass is 369 g/mol. The Morgan fingerprint density at radius 2 is 1.89 bits per heavy atom. The molecule has 0 amide bonds. The van der Waals surface area contributed by atoms with Gasteiger partial charge in [0.2, 0.25) is 0 Å². The molecule has 3 aliphatic rings. The summed E-state index contributed by atoms with van der Waals surface area (Å²) in [7, 11) is 0. The van der Waals surface area contributed by atoms with Gasteiger partial charge in [-0.1, -0.05) is 18.2 Å². The highest BCUT2D eigenvalue weighted by molar-refractivity contribution is 5.49. The van der Waals surface area contributed by atoms with Gasteiger partial charge in [0.05, 0.1) is 0 Å². The van der Waals surface area contributed by atoms with Crippen molar-refractivity contribution in [3.8, 4) is 11.5 Å². The average molecular weight is 369 g/mol. The van der Waals surface area contributed by atoms with Crippen LogP contribution in [-0.4, -0.2) is 36.3 Å². The first kappa shape index (κ1) is 17.0. The molecule has 0 radical (unpaired) electrons. The van der Waals surface area contributed by atoms with E-state index in [9.17, 15) is 9.50 Å². The smallest absolute Gasteiger partial charge is 0.164 e. The molecule has 0 spiro atoms. The third-order valence-electron chi connectivity index (χ3n) is 6.30. The van der Waals surface area contributed by atoms with Gasteiger partial charge in [0.15, 0.2) is 11.5 Å². The van der Waals surface area contributed by atoms with Crippen molar-refractivity contribution in [1.29, 1.82) is 0 Å². The summed E-state index contributed by atoms with van der Waals surface area (Å²) < 4.78 is 25.4. The van der Waals surface area contributed by atoms with Crippen molar-refractivity contribution in [3.63, 3.8) is 0 Å². The number of nitrogens with zero attached hydrogens (tertiary/aromatic N) is 1. The van der Waals surface area contributed by atoms with E-state index in [-0.39, 0.29) is 5.82 Å². The van der Waals surface area contributed by atoms with Crippen LogP contribution < -0.4 is 9.47 Å². The molecule has 1 unspecified atom stereocenters. The van der Waals surface area contributed by atoms with Crippen LogP contribution in [0.5, 0.6) is 11.5 Å². The van der Waals surface area contributed by atoms with E-state index in [1.54, 1.807) is 0 Å². The van der Waals surface area contributed by atoms with Gasteiger partial charge in [-0.15, -0.1) is 0 Å². The molecule has 27 heavy (non-hydrogen) atoms. The zero-order chi connectivity index (χ0) is 18.4. The molecule has 0 saturated carbocycles. The van der Waals surface area contributed by atoms with E-state index in [2.05, 4.69) is 11.0 Å². The maximum atomic E-state index is 13.8. The van der Waals surface area contributed by atoms with Crippen molar-refractivity contribution in [1.82, 2.24) is 4.90 Å². The summed E-state index contributed by atoms with van der Waals surface area (Å²) in [6, 6.07) is 10.9. The highest BCUT2D eigenvalue weighted by atomic mass is 19.1. The van der Waals surface area contributed by atoms with Crippen molar-refractivity contribution in [2.24, 2.45) is 0 Å². The number of piperidine rings is 1. The Labute approximate surface area is 158 Å².